The van der Waals surface area contributed by atoms with Gasteiger partial charge < -0.3 is 10.2 Å². The molecule has 1 saturated carbocycles. The van der Waals surface area contributed by atoms with E-state index in [4.69, 9.17) is 0 Å². The van der Waals surface area contributed by atoms with E-state index < -0.39 is 0 Å². The van der Waals surface area contributed by atoms with Gasteiger partial charge in [0.2, 0.25) is 11.7 Å². The minimum Gasteiger partial charge on any atom is -0.359 e. The van der Waals surface area contributed by atoms with E-state index in [2.05, 4.69) is 20.5 Å². The van der Waals surface area contributed by atoms with Crippen LogP contribution in [-0.2, 0) is 4.79 Å². The Kier molecular flexibility index (Phi) is 3.59. The van der Waals surface area contributed by atoms with Crippen LogP contribution in [-0.4, -0.2) is 52.5 Å². The minimum absolute atomic E-state index is 0.0942. The van der Waals surface area contributed by atoms with Gasteiger partial charge in [0.1, 0.15) is 5.82 Å². The normalized spacial score (nSPS) is 14.3. The molecule has 1 fully saturated rings. The fraction of sp³-hybridized carbons (Fsp3) is 0.636. The number of nitrogens with zero attached hydrogens (tertiary/aromatic N) is 3. The van der Waals surface area contributed by atoms with Crippen molar-refractivity contribution in [3.05, 3.63) is 11.6 Å². The molecule has 2 N–H and O–H groups in total. The second-order valence-corrected chi connectivity index (χ2v) is 4.47. The van der Waals surface area contributed by atoms with Gasteiger partial charge in [-0.25, -0.2) is 4.98 Å². The zero-order valence-corrected chi connectivity index (χ0v) is 10.6. The molecule has 2 amide bonds. The highest BCUT2D eigenvalue weighted by Gasteiger charge is 2.28. The van der Waals surface area contributed by atoms with Crippen LogP contribution in [0, 0.1) is 0 Å². The van der Waals surface area contributed by atoms with Crippen molar-refractivity contribution in [1.82, 2.24) is 25.4 Å². The van der Waals surface area contributed by atoms with Crippen LogP contribution in [0.1, 0.15) is 41.6 Å². The Morgan fingerprint density at radius 2 is 2.22 bits per heavy atom. The van der Waals surface area contributed by atoms with Gasteiger partial charge in [-0.3, -0.25) is 14.7 Å². The van der Waals surface area contributed by atoms with Crippen LogP contribution in [0.15, 0.2) is 0 Å². The predicted molar refractivity (Wildman–Crippen MR) is 64.0 cm³/mol. The van der Waals surface area contributed by atoms with Crippen LogP contribution in [0.3, 0.4) is 0 Å². The second-order valence-electron chi connectivity index (χ2n) is 4.47. The number of amides is 2. The maximum atomic E-state index is 12.0. The van der Waals surface area contributed by atoms with Crippen molar-refractivity contribution in [2.45, 2.75) is 25.2 Å². The fourth-order valence-electron chi connectivity index (χ4n) is 1.58. The average Bonchev–Trinajstić information content (AvgIpc) is 3.12. The molecule has 1 aliphatic carbocycles. The Morgan fingerprint density at radius 1 is 1.50 bits per heavy atom. The summed E-state index contributed by atoms with van der Waals surface area (Å²) in [6.07, 6.45) is 2.49. The Labute approximate surface area is 105 Å². The predicted octanol–water partition coefficient (Wildman–Crippen LogP) is -0.110. The summed E-state index contributed by atoms with van der Waals surface area (Å²) in [5.74, 6) is 1.05. The van der Waals surface area contributed by atoms with Gasteiger partial charge >= 0.3 is 0 Å². The zero-order valence-electron chi connectivity index (χ0n) is 10.6. The third kappa shape index (κ3) is 2.85. The second kappa shape index (κ2) is 5.16. The van der Waals surface area contributed by atoms with Gasteiger partial charge in [0.25, 0.3) is 5.91 Å². The summed E-state index contributed by atoms with van der Waals surface area (Å²) < 4.78 is 0. The number of nitrogens with one attached hydrogen (secondary N) is 2. The van der Waals surface area contributed by atoms with Gasteiger partial charge in [-0.2, -0.15) is 0 Å². The van der Waals surface area contributed by atoms with Crippen LogP contribution in [0.25, 0.3) is 0 Å². The topological polar surface area (TPSA) is 91.0 Å². The Hall–Kier alpha value is -1.92. The van der Waals surface area contributed by atoms with Crippen LogP contribution in [0.2, 0.25) is 0 Å². The minimum atomic E-state index is -0.262. The first kappa shape index (κ1) is 12.5. The highest BCUT2D eigenvalue weighted by Crippen LogP contribution is 2.37. The van der Waals surface area contributed by atoms with Crippen molar-refractivity contribution in [1.29, 1.82) is 0 Å². The number of carbonyl (C=O) groups is 2. The third-order valence-corrected chi connectivity index (χ3v) is 2.96. The first-order valence-electron chi connectivity index (χ1n) is 6.00. The number of H-pyrrole nitrogens is 1. The molecule has 0 saturated heterocycles. The van der Waals surface area contributed by atoms with Crippen molar-refractivity contribution in [3.63, 3.8) is 0 Å². The van der Waals surface area contributed by atoms with Crippen molar-refractivity contribution < 1.29 is 9.59 Å². The molecule has 0 aliphatic heterocycles. The highest BCUT2D eigenvalue weighted by molar-refractivity contribution is 5.90. The molecule has 7 heteroatoms. The van der Waals surface area contributed by atoms with Crippen LogP contribution >= 0.6 is 0 Å². The molecule has 1 aromatic heterocycles. The molecule has 18 heavy (non-hydrogen) atoms. The summed E-state index contributed by atoms with van der Waals surface area (Å²) in [4.78, 5) is 28.7. The van der Waals surface area contributed by atoms with Gasteiger partial charge in [-0.05, 0) is 12.8 Å². The number of carbonyl (C=O) groups excluding carboxylic acids is 2. The van der Waals surface area contributed by atoms with Crippen LogP contribution in [0.5, 0.6) is 0 Å². The molecular weight excluding hydrogens is 234 g/mol. The van der Waals surface area contributed by atoms with Crippen molar-refractivity contribution >= 4 is 11.8 Å². The van der Waals surface area contributed by atoms with E-state index >= 15 is 0 Å². The van der Waals surface area contributed by atoms with Gasteiger partial charge in [-0.1, -0.05) is 0 Å². The summed E-state index contributed by atoms with van der Waals surface area (Å²) in [6.45, 7) is 0.353. The quantitative estimate of drug-likeness (QED) is 0.764. The summed E-state index contributed by atoms with van der Waals surface area (Å²) in [5.41, 5.74) is 0. The number of aromatic amines is 1. The maximum absolute atomic E-state index is 12.0. The Morgan fingerprint density at radius 3 is 2.83 bits per heavy atom. The molecule has 0 radical (unpaired) electrons. The zero-order chi connectivity index (χ0) is 13.1. The van der Waals surface area contributed by atoms with Gasteiger partial charge in [-0.15, -0.1) is 5.10 Å². The molecule has 0 atom stereocenters. The van der Waals surface area contributed by atoms with Crippen LogP contribution in [0.4, 0.5) is 0 Å². The lowest BCUT2D eigenvalue weighted by molar-refractivity contribution is -0.120. The van der Waals surface area contributed by atoms with Gasteiger partial charge in [0.05, 0.1) is 0 Å². The van der Waals surface area contributed by atoms with Crippen molar-refractivity contribution in [3.8, 4) is 0 Å². The molecule has 0 bridgehead atoms. The summed E-state index contributed by atoms with van der Waals surface area (Å²) in [6, 6.07) is 0. The molecule has 98 valence electrons. The van der Waals surface area contributed by atoms with E-state index in [9.17, 15) is 9.59 Å². The van der Waals surface area contributed by atoms with Crippen molar-refractivity contribution in [2.75, 3.05) is 20.6 Å². The molecule has 0 unspecified atom stereocenters. The Balaban J connectivity index is 1.90. The summed E-state index contributed by atoms with van der Waals surface area (Å²) in [7, 11) is 3.21. The lowest BCUT2D eigenvalue weighted by atomic mass is 10.3. The number of aromatic nitrogens is 3. The standard InChI is InChI=1S/C11H17N5O2/c1-12-8(17)5-6-16(2)11(18)10-13-9(14-15-10)7-3-4-7/h7H,3-6H2,1-2H3,(H,12,17)(H,13,14,15). The maximum Gasteiger partial charge on any atom is 0.293 e. The molecular formula is C11H17N5O2. The molecule has 0 aromatic carbocycles. The molecule has 1 heterocycles. The lowest BCUT2D eigenvalue weighted by Gasteiger charge is -2.14. The molecule has 1 aromatic rings. The smallest absolute Gasteiger partial charge is 0.293 e. The third-order valence-electron chi connectivity index (χ3n) is 2.96. The first-order chi connectivity index (χ1) is 8.61. The number of rotatable bonds is 5. The van der Waals surface area contributed by atoms with E-state index in [0.29, 0.717) is 12.5 Å². The van der Waals surface area contributed by atoms with E-state index in [1.165, 1.54) is 4.90 Å². The van der Waals surface area contributed by atoms with E-state index in [1.807, 2.05) is 0 Å². The lowest BCUT2D eigenvalue weighted by Crippen LogP contribution is -2.32. The molecule has 2 rings (SSSR count). The fourth-order valence-corrected chi connectivity index (χ4v) is 1.58. The highest BCUT2D eigenvalue weighted by atomic mass is 16.2. The number of hydrogen-bond acceptors (Lipinski definition) is 4. The molecule has 7 nitrogen and oxygen atoms in total. The molecule has 0 spiro atoms. The molecule has 1 aliphatic rings. The van der Waals surface area contributed by atoms with E-state index in [-0.39, 0.29) is 24.1 Å². The van der Waals surface area contributed by atoms with E-state index in [1.54, 1.807) is 14.1 Å². The van der Waals surface area contributed by atoms with Crippen LogP contribution < -0.4 is 5.32 Å². The Bertz CT molecular complexity index is 452. The number of hydrogen-bond donors (Lipinski definition) is 2. The van der Waals surface area contributed by atoms with E-state index in [0.717, 1.165) is 18.7 Å². The average molecular weight is 251 g/mol. The van der Waals surface area contributed by atoms with Gasteiger partial charge in [0.15, 0.2) is 0 Å². The van der Waals surface area contributed by atoms with Gasteiger partial charge in [0, 0.05) is 33.0 Å². The summed E-state index contributed by atoms with van der Waals surface area (Å²) >= 11 is 0. The largest absolute Gasteiger partial charge is 0.359 e. The SMILES string of the molecule is CNC(=O)CCN(C)C(=O)c1n[nH]c(C2CC2)n1. The summed E-state index contributed by atoms with van der Waals surface area (Å²) in [5, 5.41) is 9.22. The van der Waals surface area contributed by atoms with Crippen molar-refractivity contribution in [2.24, 2.45) is 0 Å². The first-order valence-corrected chi connectivity index (χ1v) is 6.00. The monoisotopic (exact) mass is 251 g/mol.